The molecule has 0 saturated carbocycles. The molecule has 36 heavy (non-hydrogen) atoms. The van der Waals surface area contributed by atoms with E-state index in [1.165, 1.54) is 36.4 Å². The van der Waals surface area contributed by atoms with Crippen LogP contribution in [0.3, 0.4) is 0 Å². The topological polar surface area (TPSA) is 105 Å². The van der Waals surface area contributed by atoms with Gasteiger partial charge in [-0.3, -0.25) is 0 Å². The molecule has 3 rings (SSSR count). The minimum absolute atomic E-state index is 0.0161. The van der Waals surface area contributed by atoms with Gasteiger partial charge >= 0.3 is 23.9 Å². The Kier molecular flexibility index (Phi) is 8.72. The van der Waals surface area contributed by atoms with E-state index in [-0.39, 0.29) is 29.4 Å². The quantitative estimate of drug-likeness (QED) is 0.180. The van der Waals surface area contributed by atoms with Gasteiger partial charge < -0.3 is 18.9 Å². The van der Waals surface area contributed by atoms with E-state index in [0.717, 1.165) is 0 Å². The third kappa shape index (κ3) is 6.24. The van der Waals surface area contributed by atoms with Crippen LogP contribution in [0.15, 0.2) is 103 Å². The smallest absolute Gasteiger partial charge is 0.340 e. The van der Waals surface area contributed by atoms with Crippen molar-refractivity contribution in [2.45, 2.75) is 13.3 Å². The van der Waals surface area contributed by atoms with E-state index in [1.54, 1.807) is 61.5 Å². The lowest BCUT2D eigenvalue weighted by Crippen LogP contribution is -2.53. The number of para-hydroxylation sites is 3. The van der Waals surface area contributed by atoms with Gasteiger partial charge in [0.1, 0.15) is 17.2 Å². The van der Waals surface area contributed by atoms with Crippen LogP contribution in [0.1, 0.15) is 13.3 Å². The molecule has 0 unspecified atom stereocenters. The SMILES string of the molecule is C=C(CC(C(=O)Oc1ccccc1)(C(=O)Oc1ccccc1)C(=O)Oc1ccccc1)C(=O)OCC. The Labute approximate surface area is 208 Å². The van der Waals surface area contributed by atoms with Crippen molar-refractivity contribution in [3.63, 3.8) is 0 Å². The first kappa shape index (κ1) is 25.9. The zero-order chi connectivity index (χ0) is 26.0. The van der Waals surface area contributed by atoms with E-state index >= 15 is 0 Å². The fraction of sp³-hybridized carbons (Fsp3) is 0.143. The second-order valence-corrected chi connectivity index (χ2v) is 7.51. The molecule has 8 nitrogen and oxygen atoms in total. The van der Waals surface area contributed by atoms with E-state index < -0.39 is 35.7 Å². The molecule has 184 valence electrons. The number of esters is 4. The summed E-state index contributed by atoms with van der Waals surface area (Å²) in [6.45, 7) is 5.22. The van der Waals surface area contributed by atoms with Crippen LogP contribution in [-0.4, -0.2) is 30.5 Å². The Morgan fingerprint density at radius 3 is 1.28 bits per heavy atom. The summed E-state index contributed by atoms with van der Waals surface area (Å²) in [5.74, 6) is -4.62. The third-order valence-corrected chi connectivity index (χ3v) is 4.95. The largest absolute Gasteiger partial charge is 0.463 e. The highest BCUT2D eigenvalue weighted by Gasteiger charge is 2.59. The molecule has 0 radical (unpaired) electrons. The monoisotopic (exact) mass is 488 g/mol. The first-order valence-electron chi connectivity index (χ1n) is 11.0. The summed E-state index contributed by atoms with van der Waals surface area (Å²) in [4.78, 5) is 53.2. The first-order chi connectivity index (χ1) is 17.4. The van der Waals surface area contributed by atoms with Crippen molar-refractivity contribution in [1.29, 1.82) is 0 Å². The van der Waals surface area contributed by atoms with E-state index in [4.69, 9.17) is 18.9 Å². The molecule has 0 saturated heterocycles. The van der Waals surface area contributed by atoms with E-state index in [9.17, 15) is 19.2 Å². The molecule has 0 fully saturated rings. The van der Waals surface area contributed by atoms with Crippen LogP contribution in [0.4, 0.5) is 0 Å². The van der Waals surface area contributed by atoms with Crippen molar-refractivity contribution in [3.05, 3.63) is 103 Å². The number of ether oxygens (including phenoxy) is 4. The molecule has 0 aliphatic heterocycles. The molecule has 0 atom stereocenters. The average molecular weight is 488 g/mol. The predicted octanol–water partition coefficient (Wildman–Crippen LogP) is 4.30. The molecule has 3 aromatic rings. The third-order valence-electron chi connectivity index (χ3n) is 4.95. The Bertz CT molecular complexity index is 1090. The van der Waals surface area contributed by atoms with E-state index in [2.05, 4.69) is 6.58 Å². The van der Waals surface area contributed by atoms with E-state index in [1.807, 2.05) is 0 Å². The second-order valence-electron chi connectivity index (χ2n) is 7.51. The van der Waals surface area contributed by atoms with Crippen molar-refractivity contribution in [1.82, 2.24) is 0 Å². The predicted molar refractivity (Wildman–Crippen MR) is 129 cm³/mol. The highest BCUT2D eigenvalue weighted by atomic mass is 16.6. The highest BCUT2D eigenvalue weighted by molar-refractivity contribution is 6.20. The van der Waals surface area contributed by atoms with Gasteiger partial charge in [-0.25, -0.2) is 19.2 Å². The first-order valence-corrected chi connectivity index (χ1v) is 11.0. The number of rotatable bonds is 10. The average Bonchev–Trinajstić information content (AvgIpc) is 2.88. The number of hydrogen-bond donors (Lipinski definition) is 0. The molecule has 0 aliphatic rings. The van der Waals surface area contributed by atoms with Crippen LogP contribution in [0.5, 0.6) is 17.2 Å². The molecular weight excluding hydrogens is 464 g/mol. The molecule has 0 amide bonds. The maximum atomic E-state index is 13.6. The fourth-order valence-corrected chi connectivity index (χ4v) is 3.14. The van der Waals surface area contributed by atoms with Crippen molar-refractivity contribution >= 4 is 23.9 Å². The minimum atomic E-state index is -2.74. The van der Waals surface area contributed by atoms with Gasteiger partial charge in [0.25, 0.3) is 5.41 Å². The van der Waals surface area contributed by atoms with Crippen LogP contribution in [-0.2, 0) is 23.9 Å². The van der Waals surface area contributed by atoms with Crippen molar-refractivity contribution < 1.29 is 38.1 Å². The lowest BCUT2D eigenvalue weighted by Gasteiger charge is -2.27. The van der Waals surface area contributed by atoms with Crippen molar-refractivity contribution in [2.24, 2.45) is 5.41 Å². The number of carbonyl (C=O) groups excluding carboxylic acids is 4. The van der Waals surface area contributed by atoms with Gasteiger partial charge in [0.05, 0.1) is 6.61 Å². The highest BCUT2D eigenvalue weighted by Crippen LogP contribution is 2.34. The second kappa shape index (κ2) is 12.1. The summed E-state index contributed by atoms with van der Waals surface area (Å²) in [6.07, 6.45) is -0.797. The van der Waals surface area contributed by atoms with Crippen LogP contribution >= 0.6 is 0 Å². The molecule has 0 heterocycles. The van der Waals surface area contributed by atoms with Crippen LogP contribution in [0.2, 0.25) is 0 Å². The van der Waals surface area contributed by atoms with E-state index in [0.29, 0.717) is 0 Å². The number of benzene rings is 3. The molecule has 8 heteroatoms. The number of carbonyl (C=O) groups is 4. The summed E-state index contributed by atoms with van der Waals surface area (Å²) in [5.41, 5.74) is -3.07. The van der Waals surface area contributed by atoms with Crippen molar-refractivity contribution in [3.8, 4) is 17.2 Å². The van der Waals surface area contributed by atoms with Gasteiger partial charge in [0.2, 0.25) is 0 Å². The zero-order valence-corrected chi connectivity index (χ0v) is 19.5. The summed E-state index contributed by atoms with van der Waals surface area (Å²) in [6, 6.07) is 23.5. The molecule has 0 bridgehead atoms. The van der Waals surface area contributed by atoms with Crippen LogP contribution in [0, 0.1) is 5.41 Å². The maximum absolute atomic E-state index is 13.6. The van der Waals surface area contributed by atoms with Crippen LogP contribution < -0.4 is 14.2 Å². The Morgan fingerprint density at radius 1 is 0.639 bits per heavy atom. The lowest BCUT2D eigenvalue weighted by molar-refractivity contribution is -0.171. The molecule has 0 aromatic heterocycles. The van der Waals surface area contributed by atoms with Gasteiger partial charge in [-0.05, 0) is 43.3 Å². The van der Waals surface area contributed by atoms with Gasteiger partial charge in [-0.15, -0.1) is 0 Å². The van der Waals surface area contributed by atoms with Crippen LogP contribution in [0.25, 0.3) is 0 Å². The Hall–Kier alpha value is -4.72. The Balaban J connectivity index is 2.09. The standard InChI is InChI=1S/C28H24O8/c1-3-33-24(29)20(2)19-28(25(30)34-21-13-7-4-8-14-21,26(31)35-22-15-9-5-10-16-22)27(32)36-23-17-11-6-12-18-23/h4-18H,2-3,19H2,1H3. The molecule has 3 aromatic carbocycles. The zero-order valence-electron chi connectivity index (χ0n) is 19.5. The number of hydrogen-bond acceptors (Lipinski definition) is 8. The van der Waals surface area contributed by atoms with Gasteiger partial charge in [0, 0.05) is 12.0 Å². The van der Waals surface area contributed by atoms with Gasteiger partial charge in [-0.1, -0.05) is 61.2 Å². The molecule has 0 aliphatic carbocycles. The summed E-state index contributed by atoms with van der Waals surface area (Å²) < 4.78 is 21.2. The minimum Gasteiger partial charge on any atom is -0.463 e. The summed E-state index contributed by atoms with van der Waals surface area (Å²) >= 11 is 0. The fourth-order valence-electron chi connectivity index (χ4n) is 3.14. The molecule has 0 spiro atoms. The van der Waals surface area contributed by atoms with Gasteiger partial charge in [0.15, 0.2) is 0 Å². The lowest BCUT2D eigenvalue weighted by atomic mass is 9.81. The molecular formula is C28H24O8. The normalized spacial score (nSPS) is 10.6. The summed E-state index contributed by atoms with van der Waals surface area (Å²) in [7, 11) is 0. The van der Waals surface area contributed by atoms with Crippen molar-refractivity contribution in [2.75, 3.05) is 6.61 Å². The van der Waals surface area contributed by atoms with Gasteiger partial charge in [-0.2, -0.15) is 0 Å². The Morgan fingerprint density at radius 2 is 0.972 bits per heavy atom. The summed E-state index contributed by atoms with van der Waals surface area (Å²) in [5, 5.41) is 0. The maximum Gasteiger partial charge on any atom is 0.340 e. The molecule has 0 N–H and O–H groups in total.